The molecular formula is C19H29N3O2. The van der Waals surface area contributed by atoms with Crippen LogP contribution in [0, 0.1) is 11.8 Å². The van der Waals surface area contributed by atoms with E-state index in [1.807, 2.05) is 29.2 Å². The van der Waals surface area contributed by atoms with Crippen LogP contribution in [0.25, 0.3) is 0 Å². The molecule has 0 radical (unpaired) electrons. The van der Waals surface area contributed by atoms with Gasteiger partial charge in [-0.25, -0.2) is 4.79 Å². The Morgan fingerprint density at radius 1 is 1.21 bits per heavy atom. The third kappa shape index (κ3) is 4.28. The highest BCUT2D eigenvalue weighted by Gasteiger charge is 2.29. The second-order valence-corrected chi connectivity index (χ2v) is 6.94. The Kier molecular flexibility index (Phi) is 6.10. The van der Waals surface area contributed by atoms with Crippen LogP contribution in [-0.2, 0) is 17.9 Å². The number of benzene rings is 1. The Hall–Kier alpha value is -1.59. The third-order valence-electron chi connectivity index (χ3n) is 5.44. The number of likely N-dealkylation sites (tertiary alicyclic amines) is 1. The number of piperidine rings is 1. The van der Waals surface area contributed by atoms with E-state index in [-0.39, 0.29) is 6.03 Å². The summed E-state index contributed by atoms with van der Waals surface area (Å²) in [4.78, 5) is 14.4. The molecule has 2 saturated heterocycles. The Morgan fingerprint density at radius 2 is 1.96 bits per heavy atom. The molecular weight excluding hydrogens is 302 g/mol. The molecule has 5 nitrogen and oxygen atoms in total. The van der Waals surface area contributed by atoms with Crippen molar-refractivity contribution in [2.24, 2.45) is 11.8 Å². The summed E-state index contributed by atoms with van der Waals surface area (Å²) in [5.74, 6) is 1.60. The molecule has 0 aromatic heterocycles. The fraction of sp³-hybridized carbons (Fsp3) is 0.632. The van der Waals surface area contributed by atoms with E-state index < -0.39 is 0 Å². The van der Waals surface area contributed by atoms with Gasteiger partial charge in [0.2, 0.25) is 0 Å². The van der Waals surface area contributed by atoms with Gasteiger partial charge in [-0.3, -0.25) is 0 Å². The molecule has 3 rings (SSSR count). The highest BCUT2D eigenvalue weighted by atomic mass is 16.5. The number of methoxy groups -OCH3 is 1. The number of hydrogen-bond donors (Lipinski definition) is 2. The maximum atomic E-state index is 12.4. The van der Waals surface area contributed by atoms with Gasteiger partial charge in [0.05, 0.1) is 6.61 Å². The Labute approximate surface area is 144 Å². The first-order valence-corrected chi connectivity index (χ1v) is 9.07. The molecule has 2 heterocycles. The van der Waals surface area contributed by atoms with Crippen LogP contribution in [0.2, 0.25) is 0 Å². The highest BCUT2D eigenvalue weighted by Crippen LogP contribution is 2.28. The van der Waals surface area contributed by atoms with Crippen molar-refractivity contribution in [2.75, 3.05) is 33.3 Å². The lowest BCUT2D eigenvalue weighted by atomic mass is 9.84. The van der Waals surface area contributed by atoms with E-state index in [4.69, 9.17) is 4.74 Å². The molecule has 0 spiro atoms. The van der Waals surface area contributed by atoms with E-state index in [0.29, 0.717) is 13.2 Å². The summed E-state index contributed by atoms with van der Waals surface area (Å²) in [5.41, 5.74) is 2.26. The summed E-state index contributed by atoms with van der Waals surface area (Å²) < 4.78 is 5.22. The third-order valence-corrected chi connectivity index (χ3v) is 5.44. The van der Waals surface area contributed by atoms with Gasteiger partial charge in [0, 0.05) is 26.7 Å². The molecule has 1 unspecified atom stereocenters. The summed E-state index contributed by atoms with van der Waals surface area (Å²) in [7, 11) is 1.69. The zero-order valence-electron chi connectivity index (χ0n) is 14.6. The number of ether oxygens (including phenoxy) is 1. The summed E-state index contributed by atoms with van der Waals surface area (Å²) in [5, 5.41) is 6.53. The van der Waals surface area contributed by atoms with Crippen LogP contribution >= 0.6 is 0 Å². The minimum absolute atomic E-state index is 0.0604. The van der Waals surface area contributed by atoms with Crippen LogP contribution in [0.4, 0.5) is 4.79 Å². The van der Waals surface area contributed by atoms with Crippen molar-refractivity contribution >= 4 is 6.03 Å². The molecule has 5 heteroatoms. The van der Waals surface area contributed by atoms with Crippen LogP contribution in [0.3, 0.4) is 0 Å². The number of hydrogen-bond acceptors (Lipinski definition) is 3. The fourth-order valence-electron chi connectivity index (χ4n) is 3.96. The molecule has 2 N–H and O–H groups in total. The van der Waals surface area contributed by atoms with Crippen LogP contribution in [0.15, 0.2) is 24.3 Å². The number of nitrogens with one attached hydrogen (secondary N) is 2. The molecule has 132 valence electrons. The van der Waals surface area contributed by atoms with Crippen LogP contribution in [-0.4, -0.2) is 44.2 Å². The summed E-state index contributed by atoms with van der Waals surface area (Å²) >= 11 is 0. The van der Waals surface area contributed by atoms with Crippen molar-refractivity contribution in [1.82, 2.24) is 15.5 Å². The molecule has 0 aliphatic carbocycles. The molecule has 1 aromatic carbocycles. The number of nitrogens with zero attached hydrogens (tertiary/aromatic N) is 1. The second-order valence-electron chi connectivity index (χ2n) is 6.94. The van der Waals surface area contributed by atoms with E-state index in [2.05, 4.69) is 10.6 Å². The van der Waals surface area contributed by atoms with Gasteiger partial charge in [0.1, 0.15) is 0 Å². The molecule has 2 aliphatic rings. The zero-order valence-corrected chi connectivity index (χ0v) is 14.6. The van der Waals surface area contributed by atoms with E-state index in [1.165, 1.54) is 6.42 Å². The SMILES string of the molecule is COCc1ccccc1CNC(=O)N1CCC(C2CCNC2)CC1. The van der Waals surface area contributed by atoms with Gasteiger partial charge in [-0.2, -0.15) is 0 Å². The first kappa shape index (κ1) is 17.2. The number of amides is 2. The molecule has 1 atom stereocenters. The van der Waals surface area contributed by atoms with Crippen molar-refractivity contribution in [3.8, 4) is 0 Å². The largest absolute Gasteiger partial charge is 0.380 e. The van der Waals surface area contributed by atoms with Crippen molar-refractivity contribution in [3.05, 3.63) is 35.4 Å². The number of carbonyl (C=O) groups excluding carboxylic acids is 1. The standard InChI is InChI=1S/C19H29N3O2/c1-24-14-18-5-3-2-4-16(18)13-21-19(23)22-10-7-15(8-11-22)17-6-9-20-12-17/h2-5,15,17,20H,6-14H2,1H3,(H,21,23). The average molecular weight is 331 g/mol. The quantitative estimate of drug-likeness (QED) is 0.871. The topological polar surface area (TPSA) is 53.6 Å². The van der Waals surface area contributed by atoms with Crippen molar-refractivity contribution in [1.29, 1.82) is 0 Å². The first-order valence-electron chi connectivity index (χ1n) is 9.07. The monoisotopic (exact) mass is 331 g/mol. The molecule has 24 heavy (non-hydrogen) atoms. The molecule has 2 amide bonds. The first-order chi connectivity index (χ1) is 11.8. The van der Waals surface area contributed by atoms with E-state index in [0.717, 1.165) is 62.0 Å². The molecule has 2 aliphatic heterocycles. The van der Waals surface area contributed by atoms with Gasteiger partial charge in [-0.05, 0) is 55.3 Å². The van der Waals surface area contributed by atoms with Gasteiger partial charge in [0.25, 0.3) is 0 Å². The summed E-state index contributed by atoms with van der Waals surface area (Å²) in [6, 6.07) is 8.16. The number of carbonyl (C=O) groups is 1. The smallest absolute Gasteiger partial charge is 0.317 e. The predicted octanol–water partition coefficient (Wildman–Crippen LogP) is 2.36. The number of urea groups is 1. The molecule has 2 fully saturated rings. The van der Waals surface area contributed by atoms with E-state index >= 15 is 0 Å². The van der Waals surface area contributed by atoms with Gasteiger partial charge < -0.3 is 20.3 Å². The van der Waals surface area contributed by atoms with Crippen LogP contribution in [0.1, 0.15) is 30.4 Å². The average Bonchev–Trinajstić information content (AvgIpc) is 3.16. The lowest BCUT2D eigenvalue weighted by molar-refractivity contribution is 0.153. The Balaban J connectivity index is 1.46. The van der Waals surface area contributed by atoms with Crippen molar-refractivity contribution < 1.29 is 9.53 Å². The van der Waals surface area contributed by atoms with E-state index in [1.54, 1.807) is 7.11 Å². The lowest BCUT2D eigenvalue weighted by Crippen LogP contribution is -2.45. The second kappa shape index (κ2) is 8.49. The Bertz CT molecular complexity index is 535. The predicted molar refractivity (Wildman–Crippen MR) is 94.7 cm³/mol. The van der Waals surface area contributed by atoms with Gasteiger partial charge in [0.15, 0.2) is 0 Å². The summed E-state index contributed by atoms with van der Waals surface area (Å²) in [6.45, 7) is 5.22. The minimum Gasteiger partial charge on any atom is -0.380 e. The maximum Gasteiger partial charge on any atom is 0.317 e. The Morgan fingerprint density at radius 3 is 2.62 bits per heavy atom. The lowest BCUT2D eigenvalue weighted by Gasteiger charge is -2.34. The normalized spacial score (nSPS) is 21.9. The number of rotatable bonds is 5. The molecule has 0 saturated carbocycles. The van der Waals surface area contributed by atoms with Crippen LogP contribution < -0.4 is 10.6 Å². The van der Waals surface area contributed by atoms with Gasteiger partial charge in [-0.1, -0.05) is 24.3 Å². The zero-order chi connectivity index (χ0) is 16.8. The highest BCUT2D eigenvalue weighted by molar-refractivity contribution is 5.74. The van der Waals surface area contributed by atoms with E-state index in [9.17, 15) is 4.79 Å². The van der Waals surface area contributed by atoms with Crippen molar-refractivity contribution in [3.63, 3.8) is 0 Å². The fourth-order valence-corrected chi connectivity index (χ4v) is 3.96. The van der Waals surface area contributed by atoms with Crippen molar-refractivity contribution in [2.45, 2.75) is 32.4 Å². The molecule has 0 bridgehead atoms. The molecule has 1 aromatic rings. The van der Waals surface area contributed by atoms with Gasteiger partial charge in [-0.15, -0.1) is 0 Å². The van der Waals surface area contributed by atoms with Crippen LogP contribution in [0.5, 0.6) is 0 Å². The maximum absolute atomic E-state index is 12.4. The minimum atomic E-state index is 0.0604. The van der Waals surface area contributed by atoms with Gasteiger partial charge >= 0.3 is 6.03 Å². The summed E-state index contributed by atoms with van der Waals surface area (Å²) in [6.07, 6.45) is 3.58.